The van der Waals surface area contributed by atoms with Gasteiger partial charge in [-0.15, -0.1) is 11.6 Å². The fourth-order valence-electron chi connectivity index (χ4n) is 1.60. The van der Waals surface area contributed by atoms with Crippen LogP contribution in [0.3, 0.4) is 0 Å². The average molecular weight is 301 g/mol. The Morgan fingerprint density at radius 1 is 1.47 bits per heavy atom. The fourth-order valence-corrected chi connectivity index (χ4v) is 2.80. The van der Waals surface area contributed by atoms with Crippen molar-refractivity contribution >= 4 is 23.4 Å². The van der Waals surface area contributed by atoms with Crippen LogP contribution in [-0.2, 0) is 18.7 Å². The third-order valence-electron chi connectivity index (χ3n) is 2.80. The van der Waals surface area contributed by atoms with Gasteiger partial charge in [-0.3, -0.25) is 0 Å². The van der Waals surface area contributed by atoms with Crippen LogP contribution in [0.25, 0.3) is 0 Å². The molecule has 0 aliphatic carbocycles. The Morgan fingerprint density at radius 3 is 2.84 bits per heavy atom. The molecule has 0 radical (unpaired) electrons. The zero-order chi connectivity index (χ0) is 13.8. The van der Waals surface area contributed by atoms with E-state index in [4.69, 9.17) is 16.3 Å². The SMILES string of the molecule is COc1ccc(CSc2ncc(CCl)n2C)c(F)c1. The Labute approximate surface area is 120 Å². The molecule has 1 aromatic heterocycles. The number of imidazole rings is 1. The van der Waals surface area contributed by atoms with E-state index in [1.807, 2.05) is 11.6 Å². The Balaban J connectivity index is 2.08. The van der Waals surface area contributed by atoms with Crippen molar-refractivity contribution in [3.8, 4) is 5.75 Å². The second kappa shape index (κ2) is 6.30. The van der Waals surface area contributed by atoms with Gasteiger partial charge in [0.05, 0.1) is 24.9 Å². The van der Waals surface area contributed by atoms with E-state index in [0.717, 1.165) is 10.9 Å². The molecule has 0 aliphatic heterocycles. The smallest absolute Gasteiger partial charge is 0.168 e. The molecule has 0 aliphatic rings. The van der Waals surface area contributed by atoms with Gasteiger partial charge in [0.2, 0.25) is 0 Å². The molecule has 0 saturated heterocycles. The normalized spacial score (nSPS) is 10.7. The molecular weight excluding hydrogens is 287 g/mol. The molecule has 2 aromatic rings. The average Bonchev–Trinajstić information content (AvgIpc) is 2.78. The zero-order valence-electron chi connectivity index (χ0n) is 10.7. The maximum Gasteiger partial charge on any atom is 0.168 e. The van der Waals surface area contributed by atoms with E-state index in [0.29, 0.717) is 22.9 Å². The lowest BCUT2D eigenvalue weighted by molar-refractivity contribution is 0.411. The van der Waals surface area contributed by atoms with Gasteiger partial charge < -0.3 is 9.30 Å². The van der Waals surface area contributed by atoms with E-state index in [-0.39, 0.29) is 5.82 Å². The van der Waals surface area contributed by atoms with E-state index < -0.39 is 0 Å². The molecule has 2 rings (SSSR count). The Kier molecular flexibility index (Phi) is 4.71. The molecule has 0 fully saturated rings. The van der Waals surface area contributed by atoms with E-state index in [9.17, 15) is 4.39 Å². The van der Waals surface area contributed by atoms with E-state index in [1.54, 1.807) is 18.3 Å². The first-order valence-corrected chi connectivity index (χ1v) is 7.19. The number of nitrogens with zero attached hydrogens (tertiary/aromatic N) is 2. The molecule has 6 heteroatoms. The van der Waals surface area contributed by atoms with Crippen LogP contribution in [0.1, 0.15) is 11.3 Å². The minimum Gasteiger partial charge on any atom is -0.497 e. The van der Waals surface area contributed by atoms with Crippen LogP contribution in [0.2, 0.25) is 0 Å². The van der Waals surface area contributed by atoms with Crippen LogP contribution in [0, 0.1) is 5.82 Å². The van der Waals surface area contributed by atoms with Crippen LogP contribution < -0.4 is 4.74 Å². The summed E-state index contributed by atoms with van der Waals surface area (Å²) in [6.45, 7) is 0. The number of hydrogen-bond acceptors (Lipinski definition) is 3. The van der Waals surface area contributed by atoms with Crippen LogP contribution in [0.4, 0.5) is 4.39 Å². The summed E-state index contributed by atoms with van der Waals surface area (Å²) < 4.78 is 20.7. The third-order valence-corrected chi connectivity index (χ3v) is 4.16. The number of alkyl halides is 1. The first-order valence-electron chi connectivity index (χ1n) is 5.67. The maximum atomic E-state index is 13.8. The molecule has 1 heterocycles. The Bertz CT molecular complexity index is 574. The molecule has 0 atom stereocenters. The lowest BCUT2D eigenvalue weighted by atomic mass is 10.2. The second-order valence-electron chi connectivity index (χ2n) is 3.97. The number of thioether (sulfide) groups is 1. The lowest BCUT2D eigenvalue weighted by Gasteiger charge is -2.06. The van der Waals surface area contributed by atoms with Gasteiger partial charge in [0, 0.05) is 18.9 Å². The number of benzene rings is 1. The summed E-state index contributed by atoms with van der Waals surface area (Å²) >= 11 is 7.25. The maximum absolute atomic E-state index is 13.8. The van der Waals surface area contributed by atoms with Crippen molar-refractivity contribution in [2.75, 3.05) is 7.11 Å². The van der Waals surface area contributed by atoms with Gasteiger partial charge in [0.25, 0.3) is 0 Å². The van der Waals surface area contributed by atoms with Gasteiger partial charge in [-0.1, -0.05) is 17.8 Å². The highest BCUT2D eigenvalue weighted by atomic mass is 35.5. The molecule has 1 aromatic carbocycles. The largest absolute Gasteiger partial charge is 0.497 e. The monoisotopic (exact) mass is 300 g/mol. The summed E-state index contributed by atoms with van der Waals surface area (Å²) in [7, 11) is 3.42. The van der Waals surface area contributed by atoms with Crippen molar-refractivity contribution in [1.82, 2.24) is 9.55 Å². The number of halogens is 2. The van der Waals surface area contributed by atoms with Crippen LogP contribution >= 0.6 is 23.4 Å². The molecule has 3 nitrogen and oxygen atoms in total. The summed E-state index contributed by atoms with van der Waals surface area (Å²) in [5, 5.41) is 0.825. The minimum absolute atomic E-state index is 0.265. The minimum atomic E-state index is -0.265. The van der Waals surface area contributed by atoms with Gasteiger partial charge in [-0.2, -0.15) is 0 Å². The number of methoxy groups -OCH3 is 1. The van der Waals surface area contributed by atoms with Crippen molar-refractivity contribution in [3.63, 3.8) is 0 Å². The van der Waals surface area contributed by atoms with Gasteiger partial charge in [0.15, 0.2) is 5.16 Å². The zero-order valence-corrected chi connectivity index (χ0v) is 12.3. The summed E-state index contributed by atoms with van der Waals surface area (Å²) in [5.41, 5.74) is 1.57. The van der Waals surface area contributed by atoms with Crippen molar-refractivity contribution in [2.45, 2.75) is 16.8 Å². The number of aromatic nitrogens is 2. The first kappa shape index (κ1) is 14.2. The van der Waals surface area contributed by atoms with E-state index >= 15 is 0 Å². The molecule has 0 saturated carbocycles. The Hall–Kier alpha value is -1.20. The predicted molar refractivity (Wildman–Crippen MR) is 75.3 cm³/mol. The highest BCUT2D eigenvalue weighted by Gasteiger charge is 2.09. The van der Waals surface area contributed by atoms with Gasteiger partial charge in [-0.05, 0) is 11.6 Å². The number of hydrogen-bond donors (Lipinski definition) is 0. The topological polar surface area (TPSA) is 27.1 Å². The summed E-state index contributed by atoms with van der Waals surface area (Å²) in [4.78, 5) is 4.26. The van der Waals surface area contributed by atoms with Crippen molar-refractivity contribution < 1.29 is 9.13 Å². The molecule has 102 valence electrons. The highest BCUT2D eigenvalue weighted by molar-refractivity contribution is 7.98. The second-order valence-corrected chi connectivity index (χ2v) is 5.18. The molecule has 0 unspecified atom stereocenters. The fraction of sp³-hybridized carbons (Fsp3) is 0.308. The van der Waals surface area contributed by atoms with Gasteiger partial charge in [-0.25, -0.2) is 9.37 Å². The first-order chi connectivity index (χ1) is 9.15. The number of rotatable bonds is 5. The standard InChI is InChI=1S/C13H14ClFN2OS/c1-17-10(6-14)7-16-13(17)19-8-9-3-4-11(18-2)5-12(9)15/h3-5,7H,6,8H2,1-2H3. The molecule has 0 bridgehead atoms. The van der Waals surface area contributed by atoms with Crippen molar-refractivity contribution in [3.05, 3.63) is 41.5 Å². The van der Waals surface area contributed by atoms with E-state index in [1.165, 1.54) is 24.9 Å². The quantitative estimate of drug-likeness (QED) is 0.623. The summed E-state index contributed by atoms with van der Waals surface area (Å²) in [6.07, 6.45) is 1.74. The van der Waals surface area contributed by atoms with E-state index in [2.05, 4.69) is 4.98 Å². The Morgan fingerprint density at radius 2 is 2.26 bits per heavy atom. The van der Waals surface area contributed by atoms with Gasteiger partial charge in [0.1, 0.15) is 11.6 Å². The lowest BCUT2D eigenvalue weighted by Crippen LogP contribution is -1.96. The van der Waals surface area contributed by atoms with Crippen molar-refractivity contribution in [2.24, 2.45) is 7.05 Å². The number of ether oxygens (including phenoxy) is 1. The van der Waals surface area contributed by atoms with Crippen molar-refractivity contribution in [1.29, 1.82) is 0 Å². The van der Waals surface area contributed by atoms with Crippen LogP contribution in [0.15, 0.2) is 29.6 Å². The van der Waals surface area contributed by atoms with Crippen LogP contribution in [0.5, 0.6) is 5.75 Å². The molecule has 0 N–H and O–H groups in total. The van der Waals surface area contributed by atoms with Crippen LogP contribution in [-0.4, -0.2) is 16.7 Å². The molecule has 0 amide bonds. The third kappa shape index (κ3) is 3.22. The predicted octanol–water partition coefficient (Wildman–Crippen LogP) is 3.60. The van der Waals surface area contributed by atoms with Gasteiger partial charge >= 0.3 is 0 Å². The molecular formula is C13H14ClFN2OS. The molecule has 19 heavy (non-hydrogen) atoms. The summed E-state index contributed by atoms with van der Waals surface area (Å²) in [6, 6.07) is 4.87. The summed E-state index contributed by atoms with van der Waals surface area (Å²) in [5.74, 6) is 1.19. The highest BCUT2D eigenvalue weighted by Crippen LogP contribution is 2.25. The molecule has 0 spiro atoms.